The number of nitrogens with one attached hydrogen (secondary N) is 1. The number of benzene rings is 2. The van der Waals surface area contributed by atoms with Gasteiger partial charge in [-0.15, -0.1) is 0 Å². The number of nitrogens with zero attached hydrogens (tertiary/aromatic N) is 1. The summed E-state index contributed by atoms with van der Waals surface area (Å²) in [5.74, 6) is -2.46. The molecule has 0 aliphatic carbocycles. The second-order valence-corrected chi connectivity index (χ2v) is 6.37. The molecule has 3 amide bonds. The van der Waals surface area contributed by atoms with Crippen molar-refractivity contribution in [1.82, 2.24) is 4.90 Å². The van der Waals surface area contributed by atoms with Crippen molar-refractivity contribution in [2.75, 3.05) is 18.5 Å². The van der Waals surface area contributed by atoms with Gasteiger partial charge in [-0.05, 0) is 25.1 Å². The average Bonchev–Trinajstić information content (AvgIpc) is 3.09. The van der Waals surface area contributed by atoms with Crippen LogP contribution in [0.15, 0.2) is 48.5 Å². The fraction of sp³-hybridized carbons (Fsp3) is 0.200. The fourth-order valence-corrected chi connectivity index (χ4v) is 3.61. The summed E-state index contributed by atoms with van der Waals surface area (Å²) in [7, 11) is 0. The summed E-state index contributed by atoms with van der Waals surface area (Å²) in [6, 6.07) is 13.1. The average molecular weight is 364 g/mol. The van der Waals surface area contributed by atoms with E-state index in [2.05, 4.69) is 5.32 Å². The molecule has 2 aliphatic rings. The van der Waals surface area contributed by atoms with Gasteiger partial charge in [0.2, 0.25) is 5.91 Å². The van der Waals surface area contributed by atoms with Crippen LogP contribution in [0, 0.1) is 0 Å². The zero-order valence-corrected chi connectivity index (χ0v) is 14.5. The lowest BCUT2D eigenvalue weighted by molar-refractivity contribution is -0.153. The molecule has 2 aromatic carbocycles. The van der Waals surface area contributed by atoms with E-state index < -0.39 is 35.7 Å². The first-order valence-electron chi connectivity index (χ1n) is 8.54. The monoisotopic (exact) mass is 364 g/mol. The van der Waals surface area contributed by atoms with E-state index in [9.17, 15) is 19.2 Å². The van der Waals surface area contributed by atoms with Crippen molar-refractivity contribution < 1.29 is 23.9 Å². The quantitative estimate of drug-likeness (QED) is 0.507. The first-order chi connectivity index (χ1) is 13.0. The number of carbonyl (C=O) groups excluding carboxylic acids is 4. The molecule has 0 bridgehead atoms. The van der Waals surface area contributed by atoms with Gasteiger partial charge in [0.25, 0.3) is 11.8 Å². The Kier molecular flexibility index (Phi) is 3.80. The summed E-state index contributed by atoms with van der Waals surface area (Å²) in [5.41, 5.74) is -0.418. The molecule has 2 aromatic rings. The molecule has 0 aromatic heterocycles. The predicted octanol–water partition coefficient (Wildman–Crippen LogP) is 1.74. The Labute approximate surface area is 154 Å². The van der Waals surface area contributed by atoms with Gasteiger partial charge >= 0.3 is 5.97 Å². The van der Waals surface area contributed by atoms with Crippen molar-refractivity contribution in [3.63, 3.8) is 0 Å². The molecule has 1 N–H and O–H groups in total. The standard InChI is InChI=1S/C20H16N2O5/c1-2-27-19(26)20(14-9-5-6-10-15(14)21-18(20)25)11-22-16(23)12-7-3-4-8-13(12)17(22)24/h3-10H,2,11H2,1H3,(H,21,25). The molecule has 136 valence electrons. The Morgan fingerprint density at radius 1 is 1.00 bits per heavy atom. The molecule has 0 radical (unpaired) electrons. The number of amides is 3. The van der Waals surface area contributed by atoms with Crippen LogP contribution < -0.4 is 5.32 Å². The van der Waals surface area contributed by atoms with Gasteiger partial charge < -0.3 is 10.1 Å². The predicted molar refractivity (Wildman–Crippen MR) is 95.2 cm³/mol. The minimum atomic E-state index is -1.79. The van der Waals surface area contributed by atoms with Crippen molar-refractivity contribution in [3.05, 3.63) is 65.2 Å². The van der Waals surface area contributed by atoms with Crippen molar-refractivity contribution >= 4 is 29.4 Å². The number of anilines is 1. The highest BCUT2D eigenvalue weighted by Crippen LogP contribution is 2.41. The van der Waals surface area contributed by atoms with Crippen LogP contribution in [0.5, 0.6) is 0 Å². The number of rotatable bonds is 4. The molecule has 27 heavy (non-hydrogen) atoms. The molecule has 0 saturated heterocycles. The lowest BCUT2D eigenvalue weighted by Gasteiger charge is -2.29. The molecule has 0 saturated carbocycles. The Balaban J connectivity index is 1.81. The molecule has 2 aliphatic heterocycles. The topological polar surface area (TPSA) is 92.8 Å². The number of fused-ring (bicyclic) bond motifs is 2. The van der Waals surface area contributed by atoms with Gasteiger partial charge in [0.15, 0.2) is 5.41 Å². The van der Waals surface area contributed by atoms with Gasteiger partial charge in [-0.2, -0.15) is 0 Å². The van der Waals surface area contributed by atoms with Crippen molar-refractivity contribution in [3.8, 4) is 0 Å². The molecule has 0 fully saturated rings. The van der Waals surface area contributed by atoms with Crippen LogP contribution in [0.1, 0.15) is 33.2 Å². The van der Waals surface area contributed by atoms with Gasteiger partial charge in [-0.3, -0.25) is 24.1 Å². The van der Waals surface area contributed by atoms with Gasteiger partial charge in [0.1, 0.15) is 0 Å². The van der Waals surface area contributed by atoms with Gasteiger partial charge in [-0.25, -0.2) is 0 Å². The van der Waals surface area contributed by atoms with E-state index in [0.717, 1.165) is 4.90 Å². The second-order valence-electron chi connectivity index (χ2n) is 6.37. The molecule has 1 atom stereocenters. The summed E-state index contributed by atoms with van der Waals surface area (Å²) >= 11 is 0. The van der Waals surface area contributed by atoms with Crippen molar-refractivity contribution in [2.24, 2.45) is 0 Å². The van der Waals surface area contributed by atoms with Gasteiger partial charge in [0.05, 0.1) is 24.3 Å². The smallest absolute Gasteiger partial charge is 0.328 e. The first-order valence-corrected chi connectivity index (χ1v) is 8.54. The van der Waals surface area contributed by atoms with Gasteiger partial charge in [-0.1, -0.05) is 30.3 Å². The SMILES string of the molecule is CCOC(=O)C1(CN2C(=O)c3ccccc3C2=O)C(=O)Nc2ccccc21. The maximum atomic E-state index is 12.9. The van der Waals surface area contributed by atoms with Crippen LogP contribution in [0.25, 0.3) is 0 Å². The van der Waals surface area contributed by atoms with Crippen LogP contribution in [-0.4, -0.2) is 41.7 Å². The minimum absolute atomic E-state index is 0.0676. The largest absolute Gasteiger partial charge is 0.465 e. The number of hydrogen-bond acceptors (Lipinski definition) is 5. The van der Waals surface area contributed by atoms with E-state index in [1.165, 1.54) is 0 Å². The first kappa shape index (κ1) is 17.0. The highest BCUT2D eigenvalue weighted by Gasteiger charge is 2.57. The zero-order valence-electron chi connectivity index (χ0n) is 14.5. The van der Waals surface area contributed by atoms with E-state index >= 15 is 0 Å². The minimum Gasteiger partial charge on any atom is -0.465 e. The van der Waals surface area contributed by atoms with Crippen LogP contribution in [0.2, 0.25) is 0 Å². The molecular formula is C20H16N2O5. The fourth-order valence-electron chi connectivity index (χ4n) is 3.61. The molecule has 7 nitrogen and oxygen atoms in total. The number of carbonyl (C=O) groups is 4. The maximum absolute atomic E-state index is 12.9. The Morgan fingerprint density at radius 2 is 1.59 bits per heavy atom. The molecule has 2 heterocycles. The normalized spacial score (nSPS) is 20.3. The highest BCUT2D eigenvalue weighted by atomic mass is 16.5. The van der Waals surface area contributed by atoms with Crippen LogP contribution in [0.4, 0.5) is 5.69 Å². The number of esters is 1. The van der Waals surface area contributed by atoms with E-state index in [1.54, 1.807) is 55.5 Å². The lowest BCUT2D eigenvalue weighted by Crippen LogP contribution is -2.53. The van der Waals surface area contributed by atoms with E-state index in [1.807, 2.05) is 0 Å². The molecule has 7 heteroatoms. The van der Waals surface area contributed by atoms with Crippen LogP contribution in [0.3, 0.4) is 0 Å². The number of hydrogen-bond donors (Lipinski definition) is 1. The van der Waals surface area contributed by atoms with E-state index in [0.29, 0.717) is 11.3 Å². The second kappa shape index (κ2) is 6.05. The lowest BCUT2D eigenvalue weighted by atomic mass is 9.81. The Bertz CT molecular complexity index is 964. The molecular weight excluding hydrogens is 348 g/mol. The number of imide groups is 1. The zero-order chi connectivity index (χ0) is 19.2. The molecule has 0 spiro atoms. The molecule has 4 rings (SSSR count). The van der Waals surface area contributed by atoms with E-state index in [-0.39, 0.29) is 17.7 Å². The van der Waals surface area contributed by atoms with Crippen molar-refractivity contribution in [2.45, 2.75) is 12.3 Å². The summed E-state index contributed by atoms with van der Waals surface area (Å²) in [6.07, 6.45) is 0. The summed E-state index contributed by atoms with van der Waals surface area (Å²) in [6.45, 7) is 1.28. The third-order valence-electron chi connectivity index (χ3n) is 4.92. The highest BCUT2D eigenvalue weighted by molar-refractivity contribution is 6.24. The van der Waals surface area contributed by atoms with Crippen LogP contribution in [-0.2, 0) is 19.7 Å². The van der Waals surface area contributed by atoms with Crippen molar-refractivity contribution in [1.29, 1.82) is 0 Å². The number of ether oxygens (including phenoxy) is 1. The molecule has 1 unspecified atom stereocenters. The third-order valence-corrected chi connectivity index (χ3v) is 4.92. The summed E-state index contributed by atoms with van der Waals surface area (Å²) in [5, 5.41) is 2.66. The maximum Gasteiger partial charge on any atom is 0.328 e. The van der Waals surface area contributed by atoms with Crippen LogP contribution >= 0.6 is 0 Å². The number of para-hydroxylation sites is 1. The third kappa shape index (κ3) is 2.28. The Morgan fingerprint density at radius 3 is 2.22 bits per heavy atom. The van der Waals surface area contributed by atoms with Gasteiger partial charge in [0, 0.05) is 11.3 Å². The summed E-state index contributed by atoms with van der Waals surface area (Å²) in [4.78, 5) is 52.2. The van der Waals surface area contributed by atoms with E-state index in [4.69, 9.17) is 4.74 Å². The summed E-state index contributed by atoms with van der Waals surface area (Å²) < 4.78 is 5.17. The Hall–Kier alpha value is -3.48.